The summed E-state index contributed by atoms with van der Waals surface area (Å²) in [5.41, 5.74) is -0.668. The van der Waals surface area contributed by atoms with Gasteiger partial charge in [0.15, 0.2) is 22.5 Å². The SMILES string of the molecule is COCCNC(=O)CCCCC(=O)NCCCCCNC(=S)Nc1ccc(-c2c3cc(F)c(=O)cc-3oc3cc(O)c(F)cc23)c(C(=O)O)c1. The lowest BCUT2D eigenvalue weighted by molar-refractivity contribution is -0.123. The summed E-state index contributed by atoms with van der Waals surface area (Å²) in [6.45, 7) is 1.98. The number of halogens is 2. The van der Waals surface area contributed by atoms with Gasteiger partial charge in [-0.2, -0.15) is 0 Å². The van der Waals surface area contributed by atoms with Gasteiger partial charge < -0.3 is 40.6 Å². The van der Waals surface area contributed by atoms with Gasteiger partial charge in [-0.3, -0.25) is 14.4 Å². The average Bonchev–Trinajstić information content (AvgIpc) is 3.07. The number of fused-ring (bicyclic) bond motifs is 2. The molecule has 0 atom stereocenters. The topological polar surface area (TPSA) is 179 Å². The Morgan fingerprint density at radius 3 is 2.20 bits per heavy atom. The summed E-state index contributed by atoms with van der Waals surface area (Å²) in [7, 11) is 1.56. The lowest BCUT2D eigenvalue weighted by Crippen LogP contribution is -2.29. The Kier molecular flexibility index (Phi) is 13.6. The van der Waals surface area contributed by atoms with Gasteiger partial charge in [-0.05, 0) is 74.2 Å². The molecule has 0 aromatic heterocycles. The molecule has 266 valence electrons. The first kappa shape index (κ1) is 37.7. The second-order valence-corrected chi connectivity index (χ2v) is 11.9. The van der Waals surface area contributed by atoms with Crippen molar-refractivity contribution in [2.75, 3.05) is 38.7 Å². The van der Waals surface area contributed by atoms with E-state index < -0.39 is 28.8 Å². The first-order valence-corrected chi connectivity index (χ1v) is 16.4. The van der Waals surface area contributed by atoms with Crippen LogP contribution in [0.1, 0.15) is 55.3 Å². The Morgan fingerprint density at radius 1 is 0.840 bits per heavy atom. The molecule has 0 spiro atoms. The fourth-order valence-corrected chi connectivity index (χ4v) is 5.50. The number of methoxy groups -OCH3 is 1. The van der Waals surface area contributed by atoms with Gasteiger partial charge in [0, 0.05) is 73.9 Å². The predicted octanol–water partition coefficient (Wildman–Crippen LogP) is 5.14. The van der Waals surface area contributed by atoms with E-state index in [4.69, 9.17) is 21.4 Å². The van der Waals surface area contributed by atoms with Crippen LogP contribution in [0.15, 0.2) is 51.7 Å². The second kappa shape index (κ2) is 18.0. The number of phenolic OH excluding ortho intramolecular Hbond substituents is 1. The Balaban J connectivity index is 1.29. The highest BCUT2D eigenvalue weighted by Crippen LogP contribution is 2.43. The van der Waals surface area contributed by atoms with Crippen LogP contribution in [0.2, 0.25) is 0 Å². The summed E-state index contributed by atoms with van der Waals surface area (Å²) in [5.74, 6) is -4.36. The molecule has 1 aliphatic carbocycles. The summed E-state index contributed by atoms with van der Waals surface area (Å²) < 4.78 is 39.5. The average molecular weight is 713 g/mol. The van der Waals surface area contributed by atoms with Crippen molar-refractivity contribution >= 4 is 51.8 Å². The Hall–Kier alpha value is -5.15. The molecule has 0 unspecified atom stereocenters. The van der Waals surface area contributed by atoms with Crippen LogP contribution in [-0.4, -0.2) is 66.5 Å². The van der Waals surface area contributed by atoms with Crippen molar-refractivity contribution in [3.05, 3.63) is 69.9 Å². The zero-order chi connectivity index (χ0) is 36.2. The third-order valence-corrected chi connectivity index (χ3v) is 8.01. The minimum Gasteiger partial charge on any atom is -0.505 e. The van der Waals surface area contributed by atoms with E-state index in [0.29, 0.717) is 57.6 Å². The Bertz CT molecular complexity index is 1900. The fourth-order valence-electron chi connectivity index (χ4n) is 5.28. The summed E-state index contributed by atoms with van der Waals surface area (Å²) in [6, 6.07) is 8.08. The van der Waals surface area contributed by atoms with Gasteiger partial charge in [0.25, 0.3) is 0 Å². The molecular weight excluding hydrogens is 674 g/mol. The maximum atomic E-state index is 14.5. The van der Waals surface area contributed by atoms with Gasteiger partial charge in [0.2, 0.25) is 17.2 Å². The van der Waals surface area contributed by atoms with Crippen molar-refractivity contribution in [2.24, 2.45) is 0 Å². The standard InChI is InChI=1S/C35H38F2N4O8S/c1-48-14-13-39-32(45)8-4-3-7-31(44)38-11-5-2-6-12-40-35(50)41-20-9-10-21(22(15-20)34(46)47)33-23-16-25(36)27(42)18-29(23)49-30-19-28(43)26(37)17-24(30)33/h9-10,15-19,42H,2-8,11-14H2,1H3,(H,38,44)(H,39,45)(H,46,47)(H2,40,41,50). The molecule has 1 aliphatic heterocycles. The highest BCUT2D eigenvalue weighted by molar-refractivity contribution is 7.80. The molecule has 2 aromatic carbocycles. The highest BCUT2D eigenvalue weighted by atomic mass is 32.1. The lowest BCUT2D eigenvalue weighted by atomic mass is 9.90. The molecule has 0 radical (unpaired) electrons. The number of phenols is 1. The largest absolute Gasteiger partial charge is 0.505 e. The van der Waals surface area contributed by atoms with Crippen LogP contribution < -0.4 is 26.7 Å². The number of ether oxygens (including phenoxy) is 1. The number of benzene rings is 3. The van der Waals surface area contributed by atoms with Crippen molar-refractivity contribution in [1.82, 2.24) is 16.0 Å². The number of aromatic carboxylic acids is 1. The van der Waals surface area contributed by atoms with Crippen LogP contribution in [-0.2, 0) is 14.3 Å². The summed E-state index contributed by atoms with van der Waals surface area (Å²) in [5, 5.41) is 32.0. The molecule has 0 fully saturated rings. The number of carboxylic acid groups (broad SMARTS) is 1. The first-order valence-electron chi connectivity index (χ1n) is 16.0. The second-order valence-electron chi connectivity index (χ2n) is 11.5. The van der Waals surface area contributed by atoms with Crippen LogP contribution in [0.4, 0.5) is 14.5 Å². The first-order chi connectivity index (χ1) is 24.0. The van der Waals surface area contributed by atoms with Crippen LogP contribution >= 0.6 is 12.2 Å². The van der Waals surface area contributed by atoms with Crippen LogP contribution in [0.5, 0.6) is 5.75 Å². The number of hydrogen-bond donors (Lipinski definition) is 6. The molecule has 2 aromatic rings. The van der Waals surface area contributed by atoms with E-state index in [1.54, 1.807) is 13.2 Å². The molecule has 2 aliphatic rings. The number of thiocarbonyl (C=S) groups is 1. The molecule has 15 heteroatoms. The van der Waals surface area contributed by atoms with E-state index in [9.17, 15) is 38.2 Å². The maximum Gasteiger partial charge on any atom is 0.336 e. The Morgan fingerprint density at radius 2 is 1.52 bits per heavy atom. The van der Waals surface area contributed by atoms with E-state index in [0.717, 1.165) is 43.5 Å². The van der Waals surface area contributed by atoms with Gasteiger partial charge in [0.05, 0.1) is 12.2 Å². The zero-order valence-corrected chi connectivity index (χ0v) is 28.1. The van der Waals surface area contributed by atoms with Crippen molar-refractivity contribution in [2.45, 2.75) is 44.9 Å². The molecule has 2 amide bonds. The number of aromatic hydroxyl groups is 1. The molecule has 6 N–H and O–H groups in total. The molecule has 1 heterocycles. The number of amides is 2. The van der Waals surface area contributed by atoms with Crippen LogP contribution in [0, 0.1) is 11.6 Å². The molecule has 0 saturated carbocycles. The summed E-state index contributed by atoms with van der Waals surface area (Å²) in [4.78, 5) is 48.1. The lowest BCUT2D eigenvalue weighted by Gasteiger charge is -2.18. The van der Waals surface area contributed by atoms with Crippen LogP contribution in [0.25, 0.3) is 33.4 Å². The number of unbranched alkanes of at least 4 members (excludes halogenated alkanes) is 3. The molecule has 4 rings (SSSR count). The van der Waals surface area contributed by atoms with E-state index in [-0.39, 0.29) is 55.9 Å². The maximum absolute atomic E-state index is 14.5. The van der Waals surface area contributed by atoms with E-state index >= 15 is 0 Å². The third kappa shape index (κ3) is 10.2. The monoisotopic (exact) mass is 712 g/mol. The molecule has 50 heavy (non-hydrogen) atoms. The quantitative estimate of drug-likeness (QED) is 0.0485. The molecule has 0 saturated heterocycles. The number of anilines is 1. The van der Waals surface area contributed by atoms with Crippen LogP contribution in [0.3, 0.4) is 0 Å². The minimum atomic E-state index is -1.34. The van der Waals surface area contributed by atoms with Crippen molar-refractivity contribution < 1.29 is 42.5 Å². The molecule has 12 nitrogen and oxygen atoms in total. The highest BCUT2D eigenvalue weighted by Gasteiger charge is 2.24. The van der Waals surface area contributed by atoms with Gasteiger partial charge in [-0.1, -0.05) is 6.07 Å². The number of hydrogen-bond acceptors (Lipinski definition) is 8. The van der Waals surface area contributed by atoms with E-state index in [2.05, 4.69) is 21.3 Å². The fraction of sp³-hybridized carbons (Fsp3) is 0.343. The number of carbonyl (C=O) groups is 3. The Labute approximate surface area is 291 Å². The molecule has 0 bridgehead atoms. The minimum absolute atomic E-state index is 0.0372. The van der Waals surface area contributed by atoms with Gasteiger partial charge >= 0.3 is 5.97 Å². The van der Waals surface area contributed by atoms with Gasteiger partial charge in [-0.15, -0.1) is 0 Å². The van der Waals surface area contributed by atoms with Crippen molar-refractivity contribution in [3.8, 4) is 28.2 Å². The van der Waals surface area contributed by atoms with Gasteiger partial charge in [0.1, 0.15) is 11.3 Å². The number of carbonyl (C=O) groups excluding carboxylic acids is 2. The third-order valence-electron chi connectivity index (χ3n) is 7.77. The van der Waals surface area contributed by atoms with Crippen molar-refractivity contribution in [3.63, 3.8) is 0 Å². The number of nitrogens with one attached hydrogen (secondary N) is 4. The molecular formula is C35H38F2N4O8S. The van der Waals surface area contributed by atoms with E-state index in [1.807, 2.05) is 0 Å². The normalized spacial score (nSPS) is 11.0. The zero-order valence-electron chi connectivity index (χ0n) is 27.3. The summed E-state index contributed by atoms with van der Waals surface area (Å²) >= 11 is 5.37. The summed E-state index contributed by atoms with van der Waals surface area (Å²) in [6.07, 6.45) is 4.31. The van der Waals surface area contributed by atoms with Gasteiger partial charge in [-0.25, -0.2) is 13.6 Å². The number of carboxylic acids is 1. The smallest absolute Gasteiger partial charge is 0.336 e. The van der Waals surface area contributed by atoms with Crippen molar-refractivity contribution in [1.29, 1.82) is 0 Å². The number of rotatable bonds is 17. The predicted molar refractivity (Wildman–Crippen MR) is 188 cm³/mol. The van der Waals surface area contributed by atoms with E-state index in [1.165, 1.54) is 12.1 Å².